The number of carbonyl (C=O) groups is 1. The van der Waals surface area contributed by atoms with E-state index in [1.54, 1.807) is 19.1 Å². The fourth-order valence-corrected chi connectivity index (χ4v) is 2.51. The number of halogens is 2. The highest BCUT2D eigenvalue weighted by Crippen LogP contribution is 2.16. The van der Waals surface area contributed by atoms with E-state index in [0.717, 1.165) is 5.56 Å². The Kier molecular flexibility index (Phi) is 5.43. The highest BCUT2D eigenvalue weighted by Gasteiger charge is 2.11. The van der Waals surface area contributed by atoms with Crippen molar-refractivity contribution in [3.05, 3.63) is 82.4 Å². The third kappa shape index (κ3) is 4.55. The number of aryl methyl sites for hydroxylation is 1. The van der Waals surface area contributed by atoms with Gasteiger partial charge in [0.2, 0.25) is 5.95 Å². The Balaban J connectivity index is 1.73. The molecule has 0 radical (unpaired) electrons. The van der Waals surface area contributed by atoms with E-state index >= 15 is 0 Å². The fraction of sp³-hybridized carbons (Fsp3) is 0.105. The Labute approximate surface area is 155 Å². The van der Waals surface area contributed by atoms with Gasteiger partial charge in [-0.05, 0) is 48.9 Å². The van der Waals surface area contributed by atoms with Gasteiger partial charge in [-0.1, -0.05) is 29.8 Å². The molecule has 3 rings (SSSR count). The number of aromatic nitrogens is 2. The Hall–Kier alpha value is -2.99. The van der Waals surface area contributed by atoms with Crippen molar-refractivity contribution in [1.82, 2.24) is 9.97 Å². The lowest BCUT2D eigenvalue weighted by Gasteiger charge is -2.10. The van der Waals surface area contributed by atoms with Gasteiger partial charge >= 0.3 is 0 Å². The van der Waals surface area contributed by atoms with Crippen molar-refractivity contribution in [3.63, 3.8) is 0 Å². The van der Waals surface area contributed by atoms with Crippen molar-refractivity contribution >= 4 is 29.1 Å². The van der Waals surface area contributed by atoms with Gasteiger partial charge in [0.25, 0.3) is 5.91 Å². The maximum Gasteiger partial charge on any atom is 0.274 e. The van der Waals surface area contributed by atoms with E-state index in [9.17, 15) is 9.18 Å². The molecule has 0 aliphatic rings. The molecule has 5 nitrogen and oxygen atoms in total. The normalized spacial score (nSPS) is 10.4. The first kappa shape index (κ1) is 17.8. The molecule has 0 bridgehead atoms. The number of benzene rings is 2. The van der Waals surface area contributed by atoms with Crippen LogP contribution < -0.4 is 10.6 Å². The number of hydrogen-bond acceptors (Lipinski definition) is 4. The monoisotopic (exact) mass is 370 g/mol. The first-order chi connectivity index (χ1) is 12.5. The smallest absolute Gasteiger partial charge is 0.274 e. The van der Waals surface area contributed by atoms with E-state index in [2.05, 4.69) is 20.6 Å². The van der Waals surface area contributed by atoms with Crippen molar-refractivity contribution in [1.29, 1.82) is 0 Å². The van der Waals surface area contributed by atoms with Crippen LogP contribution >= 0.6 is 11.6 Å². The summed E-state index contributed by atoms with van der Waals surface area (Å²) in [6.45, 7) is 2.21. The fourth-order valence-electron chi connectivity index (χ4n) is 2.31. The zero-order valence-electron chi connectivity index (χ0n) is 14.0. The molecule has 0 unspecified atom stereocenters. The van der Waals surface area contributed by atoms with Crippen LogP contribution in [0.2, 0.25) is 5.02 Å². The maximum absolute atomic E-state index is 13.0. The van der Waals surface area contributed by atoms with Crippen molar-refractivity contribution in [3.8, 4) is 0 Å². The van der Waals surface area contributed by atoms with Crippen LogP contribution in [0.4, 0.5) is 16.0 Å². The predicted octanol–water partition coefficient (Wildman–Crippen LogP) is 4.44. The number of carbonyl (C=O) groups excluding carboxylic acids is 1. The molecule has 0 aliphatic carbocycles. The van der Waals surface area contributed by atoms with E-state index in [1.165, 1.54) is 24.3 Å². The minimum atomic E-state index is -0.400. The quantitative estimate of drug-likeness (QED) is 0.696. The number of nitrogens with one attached hydrogen (secondary N) is 2. The van der Waals surface area contributed by atoms with Gasteiger partial charge in [0, 0.05) is 22.9 Å². The summed E-state index contributed by atoms with van der Waals surface area (Å²) >= 11 is 6.13. The summed E-state index contributed by atoms with van der Waals surface area (Å²) in [6.07, 6.45) is 0. The molecule has 0 atom stereocenters. The van der Waals surface area contributed by atoms with E-state index in [1.807, 2.05) is 18.2 Å². The Morgan fingerprint density at radius 1 is 1.12 bits per heavy atom. The van der Waals surface area contributed by atoms with E-state index < -0.39 is 5.91 Å². The molecular formula is C19H16ClFN4O. The highest BCUT2D eigenvalue weighted by atomic mass is 35.5. The lowest BCUT2D eigenvalue weighted by Crippen LogP contribution is -2.16. The number of rotatable bonds is 5. The summed E-state index contributed by atoms with van der Waals surface area (Å²) in [5, 5.41) is 6.39. The lowest BCUT2D eigenvalue weighted by molar-refractivity contribution is 0.102. The van der Waals surface area contributed by atoms with Crippen molar-refractivity contribution in [2.75, 3.05) is 10.6 Å². The van der Waals surface area contributed by atoms with Gasteiger partial charge in [-0.2, -0.15) is 0 Å². The van der Waals surface area contributed by atoms with Gasteiger partial charge < -0.3 is 10.6 Å². The van der Waals surface area contributed by atoms with Crippen LogP contribution in [0, 0.1) is 12.7 Å². The number of nitrogens with zero attached hydrogens (tertiary/aromatic N) is 2. The minimum absolute atomic E-state index is 0.212. The first-order valence-electron chi connectivity index (χ1n) is 7.91. The maximum atomic E-state index is 13.0. The molecular weight excluding hydrogens is 355 g/mol. The van der Waals surface area contributed by atoms with Crippen molar-refractivity contribution in [2.45, 2.75) is 13.5 Å². The molecule has 0 saturated carbocycles. The Bertz CT molecular complexity index is 931. The van der Waals surface area contributed by atoms with Crippen molar-refractivity contribution in [2.24, 2.45) is 0 Å². The second kappa shape index (κ2) is 7.93. The molecule has 0 spiro atoms. The first-order valence-corrected chi connectivity index (χ1v) is 8.29. The highest BCUT2D eigenvalue weighted by molar-refractivity contribution is 6.31. The Morgan fingerprint density at radius 2 is 1.85 bits per heavy atom. The third-order valence-corrected chi connectivity index (χ3v) is 3.95. The van der Waals surface area contributed by atoms with Crippen LogP contribution in [0.25, 0.3) is 0 Å². The molecule has 3 aromatic rings. The van der Waals surface area contributed by atoms with Crippen LogP contribution in [0.1, 0.15) is 21.7 Å². The molecule has 132 valence electrons. The van der Waals surface area contributed by atoms with Gasteiger partial charge in [-0.15, -0.1) is 0 Å². The zero-order valence-corrected chi connectivity index (χ0v) is 14.7. The molecule has 7 heteroatoms. The molecule has 1 aromatic heterocycles. The molecule has 0 saturated heterocycles. The second-order valence-electron chi connectivity index (χ2n) is 5.62. The topological polar surface area (TPSA) is 66.9 Å². The van der Waals surface area contributed by atoms with Crippen LogP contribution in [0.5, 0.6) is 0 Å². The number of anilines is 2. The van der Waals surface area contributed by atoms with E-state index in [4.69, 9.17) is 11.6 Å². The summed E-state index contributed by atoms with van der Waals surface area (Å²) in [6, 6.07) is 14.5. The minimum Gasteiger partial charge on any atom is -0.350 e. The van der Waals surface area contributed by atoms with Crippen LogP contribution in [0.3, 0.4) is 0 Å². The summed E-state index contributed by atoms with van der Waals surface area (Å²) in [5.74, 6) is -0.441. The average molecular weight is 371 g/mol. The average Bonchev–Trinajstić information content (AvgIpc) is 2.62. The summed E-state index contributed by atoms with van der Waals surface area (Å²) in [7, 11) is 0. The Morgan fingerprint density at radius 3 is 2.58 bits per heavy atom. The number of amides is 1. The lowest BCUT2D eigenvalue weighted by atomic mass is 10.2. The standard InChI is InChI=1S/C19H16ClFN4O/c1-12-10-17(18(26)24-15-8-6-14(21)7-9-15)25-19(23-12)22-11-13-4-2-3-5-16(13)20/h2-10H,11H2,1H3,(H,24,26)(H,22,23,25). The zero-order chi connectivity index (χ0) is 18.5. The molecule has 26 heavy (non-hydrogen) atoms. The van der Waals surface area contributed by atoms with E-state index in [-0.39, 0.29) is 11.5 Å². The van der Waals surface area contributed by atoms with Crippen molar-refractivity contribution < 1.29 is 9.18 Å². The molecule has 1 amide bonds. The third-order valence-electron chi connectivity index (χ3n) is 3.58. The molecule has 2 aromatic carbocycles. The van der Waals surface area contributed by atoms with Crippen LogP contribution in [0.15, 0.2) is 54.6 Å². The summed E-state index contributed by atoms with van der Waals surface area (Å²) in [5.41, 5.74) is 2.24. The summed E-state index contributed by atoms with van der Waals surface area (Å²) in [4.78, 5) is 20.9. The van der Waals surface area contributed by atoms with Gasteiger partial charge in [-0.3, -0.25) is 4.79 Å². The largest absolute Gasteiger partial charge is 0.350 e. The summed E-state index contributed by atoms with van der Waals surface area (Å²) < 4.78 is 13.0. The molecule has 0 aliphatic heterocycles. The van der Waals surface area contributed by atoms with Gasteiger partial charge in [0.05, 0.1) is 0 Å². The van der Waals surface area contributed by atoms with E-state index in [0.29, 0.717) is 28.9 Å². The predicted molar refractivity (Wildman–Crippen MR) is 99.9 cm³/mol. The molecule has 0 fully saturated rings. The van der Waals surface area contributed by atoms with Crippen LogP contribution in [-0.4, -0.2) is 15.9 Å². The van der Waals surface area contributed by atoms with Crippen LogP contribution in [-0.2, 0) is 6.54 Å². The second-order valence-corrected chi connectivity index (χ2v) is 6.03. The SMILES string of the molecule is Cc1cc(C(=O)Nc2ccc(F)cc2)nc(NCc2ccccc2Cl)n1. The molecule has 2 N–H and O–H groups in total. The van der Waals surface area contributed by atoms with Gasteiger partial charge in [0.15, 0.2) is 0 Å². The number of hydrogen-bond donors (Lipinski definition) is 2. The van der Waals surface area contributed by atoms with Gasteiger partial charge in [-0.25, -0.2) is 14.4 Å². The molecule has 1 heterocycles. The van der Waals surface area contributed by atoms with Gasteiger partial charge in [0.1, 0.15) is 11.5 Å².